The van der Waals surface area contributed by atoms with Gasteiger partial charge in [-0.1, -0.05) is 18.2 Å². The quantitative estimate of drug-likeness (QED) is 0.438. The molecule has 9 heteroatoms. The van der Waals surface area contributed by atoms with E-state index in [9.17, 15) is 4.79 Å². The van der Waals surface area contributed by atoms with Gasteiger partial charge in [0.1, 0.15) is 11.3 Å². The molecule has 1 aromatic carbocycles. The average molecular weight is 446 g/mol. The number of amides is 1. The summed E-state index contributed by atoms with van der Waals surface area (Å²) in [5, 5.41) is 16.1. The molecule has 0 aliphatic heterocycles. The molecule has 0 radical (unpaired) electrons. The van der Waals surface area contributed by atoms with Gasteiger partial charge in [-0.25, -0.2) is 4.98 Å². The highest BCUT2D eigenvalue weighted by Gasteiger charge is 2.17. The van der Waals surface area contributed by atoms with Crippen LogP contribution in [0.2, 0.25) is 0 Å². The van der Waals surface area contributed by atoms with Crippen LogP contribution in [-0.4, -0.2) is 40.1 Å². The van der Waals surface area contributed by atoms with Gasteiger partial charge in [0.15, 0.2) is 11.5 Å². The lowest BCUT2D eigenvalue weighted by Gasteiger charge is -2.08. The number of aryl methyl sites for hydroxylation is 1. The minimum Gasteiger partial charge on any atom is -0.321 e. The maximum atomic E-state index is 12.9. The Kier molecular flexibility index (Phi) is 4.58. The summed E-state index contributed by atoms with van der Waals surface area (Å²) >= 11 is 0. The summed E-state index contributed by atoms with van der Waals surface area (Å²) in [6, 6.07) is 20.7. The average Bonchev–Trinajstić information content (AvgIpc) is 3.44. The van der Waals surface area contributed by atoms with Gasteiger partial charge in [-0.05, 0) is 55.5 Å². The molecule has 0 fully saturated rings. The molecule has 34 heavy (non-hydrogen) atoms. The van der Waals surface area contributed by atoms with Crippen LogP contribution in [0.4, 0.5) is 5.69 Å². The Hall–Kier alpha value is -4.92. The molecule has 0 unspecified atom stereocenters. The van der Waals surface area contributed by atoms with E-state index >= 15 is 0 Å². The molecule has 0 saturated carbocycles. The van der Waals surface area contributed by atoms with E-state index in [1.807, 2.05) is 79.9 Å². The number of carbonyl (C=O) groups is 1. The third-order valence-electron chi connectivity index (χ3n) is 5.54. The predicted octanol–water partition coefficient (Wildman–Crippen LogP) is 4.06. The number of benzene rings is 1. The first-order valence-corrected chi connectivity index (χ1v) is 10.7. The van der Waals surface area contributed by atoms with Crippen molar-refractivity contribution in [2.75, 3.05) is 5.32 Å². The molecule has 1 amide bonds. The molecule has 0 aliphatic rings. The smallest absolute Gasteiger partial charge is 0.274 e. The number of hydrogen-bond donors (Lipinski definition) is 1. The molecule has 6 aromatic rings. The van der Waals surface area contributed by atoms with Gasteiger partial charge in [0, 0.05) is 35.4 Å². The number of nitrogens with zero attached hydrogens (tertiary/aromatic N) is 7. The Bertz CT molecular complexity index is 1650. The van der Waals surface area contributed by atoms with Gasteiger partial charge in [0.05, 0.1) is 11.4 Å². The van der Waals surface area contributed by atoms with Crippen LogP contribution >= 0.6 is 0 Å². The lowest BCUT2D eigenvalue weighted by molar-refractivity contribution is 0.102. The van der Waals surface area contributed by atoms with Gasteiger partial charge in [0.2, 0.25) is 0 Å². The van der Waals surface area contributed by atoms with Crippen LogP contribution in [0.25, 0.3) is 33.9 Å². The van der Waals surface area contributed by atoms with Crippen molar-refractivity contribution in [2.24, 2.45) is 0 Å². The largest absolute Gasteiger partial charge is 0.321 e. The van der Waals surface area contributed by atoms with E-state index in [2.05, 4.69) is 25.5 Å². The summed E-state index contributed by atoms with van der Waals surface area (Å²) in [6.45, 7) is 1.83. The molecule has 0 spiro atoms. The second-order valence-electron chi connectivity index (χ2n) is 7.76. The minimum atomic E-state index is -0.214. The summed E-state index contributed by atoms with van der Waals surface area (Å²) in [7, 11) is 0. The fourth-order valence-electron chi connectivity index (χ4n) is 3.92. The van der Waals surface area contributed by atoms with E-state index in [-0.39, 0.29) is 5.91 Å². The van der Waals surface area contributed by atoms with E-state index in [0.29, 0.717) is 28.5 Å². The van der Waals surface area contributed by atoms with Crippen molar-refractivity contribution in [3.8, 4) is 22.6 Å². The lowest BCUT2D eigenvalue weighted by Crippen LogP contribution is -2.15. The topological polar surface area (TPSA) is 102 Å². The summed E-state index contributed by atoms with van der Waals surface area (Å²) in [4.78, 5) is 21.6. The Labute approximate surface area is 193 Å². The normalized spacial score (nSPS) is 11.2. The Morgan fingerprint density at radius 1 is 0.882 bits per heavy atom. The number of fused-ring (bicyclic) bond motifs is 2. The molecular formula is C25H18N8O. The molecule has 164 valence electrons. The number of carbonyl (C=O) groups excluding carboxylic acids is 1. The van der Waals surface area contributed by atoms with Crippen LogP contribution in [0.1, 0.15) is 16.2 Å². The van der Waals surface area contributed by atoms with Gasteiger partial charge in [-0.2, -0.15) is 9.61 Å². The summed E-state index contributed by atoms with van der Waals surface area (Å²) < 4.78 is 3.49. The van der Waals surface area contributed by atoms with Crippen molar-refractivity contribution < 1.29 is 4.79 Å². The maximum Gasteiger partial charge on any atom is 0.274 e. The number of imidazole rings is 1. The predicted molar refractivity (Wildman–Crippen MR) is 127 cm³/mol. The molecule has 5 heterocycles. The van der Waals surface area contributed by atoms with Crippen LogP contribution in [0, 0.1) is 6.92 Å². The first-order chi connectivity index (χ1) is 16.7. The fourth-order valence-corrected chi connectivity index (χ4v) is 3.92. The Morgan fingerprint density at radius 2 is 1.76 bits per heavy atom. The third kappa shape index (κ3) is 3.36. The second kappa shape index (κ2) is 7.89. The van der Waals surface area contributed by atoms with Crippen LogP contribution in [-0.2, 0) is 0 Å². The van der Waals surface area contributed by atoms with Crippen molar-refractivity contribution in [3.63, 3.8) is 0 Å². The number of hydrogen-bond acceptors (Lipinski definition) is 6. The molecule has 0 aliphatic carbocycles. The summed E-state index contributed by atoms with van der Waals surface area (Å²) in [5.74, 6) is 0.409. The number of rotatable bonds is 4. The molecule has 6 rings (SSSR count). The number of anilines is 1. The molecule has 1 N–H and O–H groups in total. The van der Waals surface area contributed by atoms with Gasteiger partial charge >= 0.3 is 0 Å². The standard InChI is InChI=1S/C25H18N8O/c1-16-23(32-14-3-2-6-21(32)27-16)25(34)28-19-9-7-17(8-10-19)20-11-12-22-29-30-24(33(22)31-20)18-5-4-13-26-15-18/h2-15H,1H3,(H,28,34). The zero-order valence-electron chi connectivity index (χ0n) is 18.1. The van der Waals surface area contributed by atoms with Crippen molar-refractivity contribution in [2.45, 2.75) is 6.92 Å². The van der Waals surface area contributed by atoms with Crippen LogP contribution in [0.3, 0.4) is 0 Å². The maximum absolute atomic E-state index is 12.9. The number of pyridine rings is 2. The fraction of sp³-hybridized carbons (Fsp3) is 0.0400. The minimum absolute atomic E-state index is 0.214. The van der Waals surface area contributed by atoms with Crippen LogP contribution in [0.15, 0.2) is 85.3 Å². The van der Waals surface area contributed by atoms with E-state index in [4.69, 9.17) is 5.10 Å². The molecule has 0 bridgehead atoms. The van der Waals surface area contributed by atoms with Gasteiger partial charge in [-0.3, -0.25) is 14.2 Å². The highest BCUT2D eigenvalue weighted by molar-refractivity contribution is 6.04. The van der Waals surface area contributed by atoms with Crippen molar-refractivity contribution >= 4 is 22.9 Å². The van der Waals surface area contributed by atoms with Gasteiger partial charge in [-0.15, -0.1) is 10.2 Å². The Morgan fingerprint density at radius 3 is 2.59 bits per heavy atom. The molecular weight excluding hydrogens is 428 g/mol. The molecule has 9 nitrogen and oxygen atoms in total. The molecule has 0 atom stereocenters. The zero-order valence-corrected chi connectivity index (χ0v) is 18.1. The van der Waals surface area contributed by atoms with Gasteiger partial charge < -0.3 is 5.32 Å². The third-order valence-corrected chi connectivity index (χ3v) is 5.54. The monoisotopic (exact) mass is 446 g/mol. The van der Waals surface area contributed by atoms with E-state index in [1.54, 1.807) is 21.3 Å². The number of nitrogens with one attached hydrogen (secondary N) is 1. The second-order valence-corrected chi connectivity index (χ2v) is 7.76. The van der Waals surface area contributed by atoms with E-state index < -0.39 is 0 Å². The van der Waals surface area contributed by atoms with Gasteiger partial charge in [0.25, 0.3) is 5.91 Å². The summed E-state index contributed by atoms with van der Waals surface area (Å²) in [6.07, 6.45) is 5.27. The molecule has 5 aromatic heterocycles. The van der Waals surface area contributed by atoms with Crippen LogP contribution in [0.5, 0.6) is 0 Å². The van der Waals surface area contributed by atoms with Crippen molar-refractivity contribution in [3.05, 3.63) is 96.7 Å². The summed E-state index contributed by atoms with van der Waals surface area (Å²) in [5.41, 5.74) is 5.75. The van der Waals surface area contributed by atoms with E-state index in [0.717, 1.165) is 22.5 Å². The lowest BCUT2D eigenvalue weighted by atomic mass is 10.1. The first-order valence-electron chi connectivity index (χ1n) is 10.7. The number of aromatic nitrogens is 7. The highest BCUT2D eigenvalue weighted by atomic mass is 16.2. The Balaban J connectivity index is 1.28. The van der Waals surface area contributed by atoms with Crippen molar-refractivity contribution in [1.82, 2.24) is 34.2 Å². The van der Waals surface area contributed by atoms with Crippen LogP contribution < -0.4 is 5.32 Å². The zero-order chi connectivity index (χ0) is 23.1. The SMILES string of the molecule is Cc1nc2ccccn2c1C(=O)Nc1ccc(-c2ccc3nnc(-c4cccnc4)n3n2)cc1. The van der Waals surface area contributed by atoms with Crippen molar-refractivity contribution in [1.29, 1.82) is 0 Å². The highest BCUT2D eigenvalue weighted by Crippen LogP contribution is 2.23. The molecule has 0 saturated heterocycles. The first kappa shape index (κ1) is 19.7. The van der Waals surface area contributed by atoms with E-state index in [1.165, 1.54) is 0 Å².